The smallest absolute Gasteiger partial charge is 0.138 e. The van der Waals surface area contributed by atoms with E-state index in [0.29, 0.717) is 0 Å². The summed E-state index contributed by atoms with van der Waals surface area (Å²) in [6.45, 7) is 3.00. The van der Waals surface area contributed by atoms with E-state index in [4.69, 9.17) is 0 Å². The topological polar surface area (TPSA) is 53.6 Å². The summed E-state index contributed by atoms with van der Waals surface area (Å²) in [6.07, 6.45) is 5.73. The first-order chi connectivity index (χ1) is 14.3. The Kier molecular flexibility index (Phi) is 4.74. The van der Waals surface area contributed by atoms with Gasteiger partial charge in [-0.2, -0.15) is 0 Å². The number of hydrogen-bond acceptors (Lipinski definition) is 4. The fourth-order valence-electron chi connectivity index (χ4n) is 3.80. The molecule has 144 valence electrons. The quantitative estimate of drug-likeness (QED) is 0.366. The maximum atomic E-state index is 4.56. The van der Waals surface area contributed by atoms with Crippen molar-refractivity contribution in [2.75, 3.05) is 11.9 Å². The van der Waals surface area contributed by atoms with Crippen molar-refractivity contribution in [2.45, 2.75) is 19.8 Å². The van der Waals surface area contributed by atoms with Crippen molar-refractivity contribution < 1.29 is 0 Å². The molecule has 0 unspecified atom stereocenters. The molecule has 0 aliphatic heterocycles. The normalized spacial score (nSPS) is 11.3. The highest BCUT2D eigenvalue weighted by Crippen LogP contribution is 2.36. The Morgan fingerprint density at radius 2 is 1.90 bits per heavy atom. The number of H-pyrrole nitrogens is 1. The predicted octanol–water partition coefficient (Wildman–Crippen LogP) is 6.06. The number of aromatic nitrogens is 3. The van der Waals surface area contributed by atoms with E-state index in [0.717, 1.165) is 35.4 Å². The number of para-hydroxylation sites is 1. The van der Waals surface area contributed by atoms with Crippen LogP contribution in [0.3, 0.4) is 0 Å². The Morgan fingerprint density at radius 3 is 2.76 bits per heavy atom. The van der Waals surface area contributed by atoms with Gasteiger partial charge in [-0.3, -0.25) is 0 Å². The lowest BCUT2D eigenvalue weighted by Gasteiger charge is -2.09. The predicted molar refractivity (Wildman–Crippen MR) is 123 cm³/mol. The van der Waals surface area contributed by atoms with Gasteiger partial charge in [-0.05, 0) is 35.6 Å². The van der Waals surface area contributed by atoms with Crippen LogP contribution in [0, 0.1) is 0 Å². The van der Waals surface area contributed by atoms with Gasteiger partial charge in [0.15, 0.2) is 0 Å². The number of nitrogens with one attached hydrogen (secondary N) is 2. The van der Waals surface area contributed by atoms with Crippen LogP contribution in [0.5, 0.6) is 0 Å². The van der Waals surface area contributed by atoms with E-state index in [-0.39, 0.29) is 0 Å². The molecule has 0 fully saturated rings. The molecule has 0 saturated carbocycles. The number of benzene rings is 2. The third kappa shape index (κ3) is 3.38. The van der Waals surface area contributed by atoms with Gasteiger partial charge in [0.1, 0.15) is 17.0 Å². The van der Waals surface area contributed by atoms with Crippen LogP contribution in [0.15, 0.2) is 66.4 Å². The zero-order valence-corrected chi connectivity index (χ0v) is 17.1. The van der Waals surface area contributed by atoms with Crippen LogP contribution in [0.2, 0.25) is 0 Å². The van der Waals surface area contributed by atoms with Gasteiger partial charge in [0, 0.05) is 34.6 Å². The maximum absolute atomic E-state index is 4.56. The summed E-state index contributed by atoms with van der Waals surface area (Å²) in [5, 5.41) is 8.13. The number of rotatable bonds is 6. The lowest BCUT2D eigenvalue weighted by Crippen LogP contribution is -2.06. The molecule has 0 atom stereocenters. The maximum Gasteiger partial charge on any atom is 0.138 e. The van der Waals surface area contributed by atoms with Crippen molar-refractivity contribution in [1.29, 1.82) is 0 Å². The van der Waals surface area contributed by atoms with E-state index in [1.54, 1.807) is 17.7 Å². The van der Waals surface area contributed by atoms with Gasteiger partial charge in [-0.15, -0.1) is 11.3 Å². The summed E-state index contributed by atoms with van der Waals surface area (Å²) in [4.78, 5) is 13.4. The summed E-state index contributed by atoms with van der Waals surface area (Å²) in [7, 11) is 0. The summed E-state index contributed by atoms with van der Waals surface area (Å²) in [5.41, 5.74) is 6.26. The van der Waals surface area contributed by atoms with Crippen molar-refractivity contribution in [3.05, 3.63) is 77.6 Å². The molecular formula is C24H22N4S. The molecule has 4 nitrogen and oxygen atoms in total. The molecule has 2 N–H and O–H groups in total. The van der Waals surface area contributed by atoms with Crippen LogP contribution in [0.25, 0.3) is 32.2 Å². The van der Waals surface area contributed by atoms with Crippen molar-refractivity contribution in [3.8, 4) is 11.1 Å². The van der Waals surface area contributed by atoms with Gasteiger partial charge in [0.2, 0.25) is 0 Å². The van der Waals surface area contributed by atoms with Crippen molar-refractivity contribution in [2.24, 2.45) is 0 Å². The molecule has 0 aliphatic rings. The van der Waals surface area contributed by atoms with Crippen molar-refractivity contribution in [1.82, 2.24) is 15.0 Å². The highest BCUT2D eigenvalue weighted by Gasteiger charge is 2.13. The minimum Gasteiger partial charge on any atom is -0.369 e. The lowest BCUT2D eigenvalue weighted by molar-refractivity contribution is 1.01. The minimum absolute atomic E-state index is 0.817. The SMILES string of the molecule is CCc1ccc(-c2csc3ncnc(NCCc4c[nH]c5ccccc45)c23)cc1. The highest BCUT2D eigenvalue weighted by molar-refractivity contribution is 7.17. The fraction of sp³-hybridized carbons (Fsp3) is 0.167. The number of fused-ring (bicyclic) bond motifs is 2. The molecule has 0 saturated heterocycles. The van der Waals surface area contributed by atoms with Gasteiger partial charge in [0.05, 0.1) is 5.39 Å². The van der Waals surface area contributed by atoms with E-state index < -0.39 is 0 Å². The molecule has 0 radical (unpaired) electrons. The Labute approximate surface area is 173 Å². The second kappa shape index (κ2) is 7.68. The Bertz CT molecular complexity index is 1270. The standard InChI is InChI=1S/C24H22N4S/c1-2-16-7-9-17(10-8-16)20-14-29-24-22(20)23(27-15-28-24)25-12-11-18-13-26-21-6-4-3-5-19(18)21/h3-10,13-15,26H,2,11-12H2,1H3,(H,25,27,28). The molecule has 3 aromatic heterocycles. The number of thiophene rings is 1. The first-order valence-electron chi connectivity index (χ1n) is 9.94. The van der Waals surface area contributed by atoms with Crippen LogP contribution in [-0.4, -0.2) is 21.5 Å². The number of hydrogen-bond donors (Lipinski definition) is 2. The zero-order valence-electron chi connectivity index (χ0n) is 16.3. The molecule has 5 heteroatoms. The Hall–Kier alpha value is -3.18. The first kappa shape index (κ1) is 17.9. The van der Waals surface area contributed by atoms with Crippen LogP contribution in [-0.2, 0) is 12.8 Å². The minimum atomic E-state index is 0.817. The van der Waals surface area contributed by atoms with E-state index in [9.17, 15) is 0 Å². The van der Waals surface area contributed by atoms with E-state index >= 15 is 0 Å². The molecule has 5 rings (SSSR count). The summed E-state index contributed by atoms with van der Waals surface area (Å²) in [5.74, 6) is 0.908. The second-order valence-corrected chi connectivity index (χ2v) is 8.00. The number of anilines is 1. The summed E-state index contributed by atoms with van der Waals surface area (Å²) in [6, 6.07) is 17.2. The molecule has 0 spiro atoms. The average Bonchev–Trinajstić information content (AvgIpc) is 3.39. The molecule has 0 bridgehead atoms. The largest absolute Gasteiger partial charge is 0.369 e. The van der Waals surface area contributed by atoms with Crippen LogP contribution in [0.1, 0.15) is 18.1 Å². The van der Waals surface area contributed by atoms with E-state index in [1.807, 2.05) is 0 Å². The third-order valence-electron chi connectivity index (χ3n) is 5.41. The zero-order chi connectivity index (χ0) is 19.6. The first-order valence-corrected chi connectivity index (χ1v) is 10.8. The van der Waals surface area contributed by atoms with Crippen LogP contribution in [0.4, 0.5) is 5.82 Å². The molecule has 0 aliphatic carbocycles. The van der Waals surface area contributed by atoms with Crippen LogP contribution < -0.4 is 5.32 Å². The highest BCUT2D eigenvalue weighted by atomic mass is 32.1. The number of aryl methyl sites for hydroxylation is 1. The molecule has 3 heterocycles. The summed E-state index contributed by atoms with van der Waals surface area (Å²) < 4.78 is 0. The van der Waals surface area contributed by atoms with Crippen molar-refractivity contribution >= 4 is 38.3 Å². The monoisotopic (exact) mass is 398 g/mol. The Balaban J connectivity index is 1.41. The van der Waals surface area contributed by atoms with Gasteiger partial charge in [-0.1, -0.05) is 49.4 Å². The van der Waals surface area contributed by atoms with Crippen LogP contribution >= 0.6 is 11.3 Å². The fourth-order valence-corrected chi connectivity index (χ4v) is 4.71. The number of nitrogens with zero attached hydrogens (tertiary/aromatic N) is 2. The van der Waals surface area contributed by atoms with E-state index in [1.165, 1.54) is 33.2 Å². The lowest BCUT2D eigenvalue weighted by atomic mass is 10.0. The second-order valence-electron chi connectivity index (χ2n) is 7.14. The molecule has 0 amide bonds. The molecule has 2 aromatic carbocycles. The van der Waals surface area contributed by atoms with Crippen molar-refractivity contribution in [3.63, 3.8) is 0 Å². The van der Waals surface area contributed by atoms with E-state index in [2.05, 4.69) is 87.3 Å². The molecule has 29 heavy (non-hydrogen) atoms. The number of aromatic amines is 1. The van der Waals surface area contributed by atoms with Gasteiger partial charge >= 0.3 is 0 Å². The van der Waals surface area contributed by atoms with Gasteiger partial charge in [-0.25, -0.2) is 9.97 Å². The van der Waals surface area contributed by atoms with Gasteiger partial charge < -0.3 is 10.3 Å². The Morgan fingerprint density at radius 1 is 1.03 bits per heavy atom. The average molecular weight is 399 g/mol. The molecule has 5 aromatic rings. The molecular weight excluding hydrogens is 376 g/mol. The third-order valence-corrected chi connectivity index (χ3v) is 6.29. The van der Waals surface area contributed by atoms with Gasteiger partial charge in [0.25, 0.3) is 0 Å². The summed E-state index contributed by atoms with van der Waals surface area (Å²) >= 11 is 1.67.